The Bertz CT molecular complexity index is 503. The van der Waals surface area contributed by atoms with Crippen LogP contribution in [0.1, 0.15) is 0 Å². The predicted molar refractivity (Wildman–Crippen MR) is 86.4 cm³/mol. The zero-order valence-electron chi connectivity index (χ0n) is 11.7. The number of anilines is 2. The van der Waals surface area contributed by atoms with Gasteiger partial charge in [-0.05, 0) is 0 Å². The average Bonchev–Trinajstić information content (AvgIpc) is 2.55. The van der Waals surface area contributed by atoms with E-state index >= 15 is 0 Å². The summed E-state index contributed by atoms with van der Waals surface area (Å²) in [5.74, 6) is 3.77. The van der Waals surface area contributed by atoms with E-state index in [0.29, 0.717) is 5.15 Å². The maximum atomic E-state index is 10.8. The molecule has 2 aliphatic heterocycles. The fourth-order valence-corrected chi connectivity index (χ4v) is 3.59. The van der Waals surface area contributed by atoms with Crippen molar-refractivity contribution in [3.8, 4) is 0 Å². The Labute approximate surface area is 133 Å². The number of carbonyl (C=O) groups excluding carboxylic acids is 1. The minimum atomic E-state index is 0.478. The molecule has 0 N–H and O–H groups in total. The van der Waals surface area contributed by atoms with Crippen LogP contribution in [-0.2, 0) is 4.79 Å². The van der Waals surface area contributed by atoms with E-state index in [4.69, 9.17) is 11.6 Å². The van der Waals surface area contributed by atoms with Crippen molar-refractivity contribution in [3.63, 3.8) is 0 Å². The van der Waals surface area contributed by atoms with Gasteiger partial charge in [-0.15, -0.1) is 0 Å². The Morgan fingerprint density at radius 3 is 2.43 bits per heavy atom. The summed E-state index contributed by atoms with van der Waals surface area (Å²) in [5.41, 5.74) is 0. The van der Waals surface area contributed by atoms with E-state index in [0.717, 1.165) is 69.0 Å². The Morgan fingerprint density at radius 1 is 1.05 bits per heavy atom. The Balaban J connectivity index is 1.76. The summed E-state index contributed by atoms with van der Waals surface area (Å²) in [6.45, 7) is 4.93. The van der Waals surface area contributed by atoms with Gasteiger partial charge in [0.25, 0.3) is 0 Å². The number of amides is 1. The number of hydrogen-bond acceptors (Lipinski definition) is 6. The standard InChI is InChI=1S/C13H18ClN5OS/c14-11-9-12(18-3-1-17(10-20)2-4-18)16-13(15-11)19-5-7-21-8-6-19/h9-10H,1-8H2. The zero-order valence-corrected chi connectivity index (χ0v) is 13.3. The van der Waals surface area contributed by atoms with E-state index in [9.17, 15) is 4.79 Å². The highest BCUT2D eigenvalue weighted by molar-refractivity contribution is 7.99. The summed E-state index contributed by atoms with van der Waals surface area (Å²) in [4.78, 5) is 25.9. The van der Waals surface area contributed by atoms with Crippen LogP contribution in [0.2, 0.25) is 5.15 Å². The SMILES string of the molecule is O=CN1CCN(c2cc(Cl)nc(N3CCSCC3)n2)CC1. The van der Waals surface area contributed by atoms with E-state index < -0.39 is 0 Å². The van der Waals surface area contributed by atoms with Crippen LogP contribution in [0, 0.1) is 0 Å². The van der Waals surface area contributed by atoms with Crippen LogP contribution in [0.25, 0.3) is 0 Å². The lowest BCUT2D eigenvalue weighted by Gasteiger charge is -2.34. The van der Waals surface area contributed by atoms with Crippen LogP contribution < -0.4 is 9.80 Å². The summed E-state index contributed by atoms with van der Waals surface area (Å²) < 4.78 is 0. The molecule has 8 heteroatoms. The molecule has 6 nitrogen and oxygen atoms in total. The summed E-state index contributed by atoms with van der Waals surface area (Å²) in [6.07, 6.45) is 0.904. The van der Waals surface area contributed by atoms with E-state index in [1.54, 1.807) is 11.0 Å². The quantitative estimate of drug-likeness (QED) is 0.609. The zero-order chi connectivity index (χ0) is 14.7. The van der Waals surface area contributed by atoms with Crippen LogP contribution in [0.5, 0.6) is 0 Å². The first kappa shape index (κ1) is 14.7. The van der Waals surface area contributed by atoms with E-state index in [1.807, 2.05) is 11.8 Å². The van der Waals surface area contributed by atoms with Gasteiger partial charge in [-0.1, -0.05) is 11.6 Å². The number of hydrogen-bond donors (Lipinski definition) is 0. The Kier molecular flexibility index (Phi) is 4.70. The topological polar surface area (TPSA) is 52.6 Å². The molecule has 1 aromatic heterocycles. The molecule has 0 aromatic carbocycles. The van der Waals surface area contributed by atoms with Crippen molar-refractivity contribution < 1.29 is 4.79 Å². The van der Waals surface area contributed by atoms with Crippen LogP contribution in [-0.4, -0.2) is 72.1 Å². The maximum absolute atomic E-state index is 10.8. The van der Waals surface area contributed by atoms with Gasteiger partial charge in [0.05, 0.1) is 0 Å². The highest BCUT2D eigenvalue weighted by Crippen LogP contribution is 2.23. The van der Waals surface area contributed by atoms with Crippen LogP contribution in [0.15, 0.2) is 6.07 Å². The molecule has 3 rings (SSSR count). The molecule has 0 atom stereocenters. The molecule has 0 aliphatic carbocycles. The van der Waals surface area contributed by atoms with Crippen LogP contribution in [0.4, 0.5) is 11.8 Å². The molecule has 2 fully saturated rings. The molecule has 3 heterocycles. The first-order chi connectivity index (χ1) is 10.3. The van der Waals surface area contributed by atoms with Gasteiger partial charge in [0, 0.05) is 56.8 Å². The van der Waals surface area contributed by atoms with Crippen molar-refractivity contribution in [2.45, 2.75) is 0 Å². The van der Waals surface area contributed by atoms with Gasteiger partial charge in [0.2, 0.25) is 12.4 Å². The number of rotatable bonds is 3. The fraction of sp³-hybridized carbons (Fsp3) is 0.615. The molecular formula is C13H18ClN5OS. The van der Waals surface area contributed by atoms with Crippen molar-refractivity contribution in [1.82, 2.24) is 14.9 Å². The van der Waals surface area contributed by atoms with Crippen molar-refractivity contribution in [3.05, 3.63) is 11.2 Å². The Hall–Kier alpha value is -1.21. The molecule has 0 saturated carbocycles. The third-order valence-corrected chi connectivity index (χ3v) is 4.89. The fourth-order valence-electron chi connectivity index (χ4n) is 2.52. The third-order valence-electron chi connectivity index (χ3n) is 3.75. The van der Waals surface area contributed by atoms with Gasteiger partial charge < -0.3 is 14.7 Å². The first-order valence-corrected chi connectivity index (χ1v) is 8.61. The maximum Gasteiger partial charge on any atom is 0.228 e. The van der Waals surface area contributed by atoms with Crippen molar-refractivity contribution in [2.75, 3.05) is 60.6 Å². The minimum Gasteiger partial charge on any atom is -0.353 e. The number of nitrogens with zero attached hydrogens (tertiary/aromatic N) is 5. The molecule has 0 radical (unpaired) electrons. The highest BCUT2D eigenvalue weighted by atomic mass is 35.5. The third kappa shape index (κ3) is 3.52. The highest BCUT2D eigenvalue weighted by Gasteiger charge is 2.20. The van der Waals surface area contributed by atoms with Crippen molar-refractivity contribution in [2.24, 2.45) is 0 Å². The summed E-state index contributed by atoms with van der Waals surface area (Å²) in [7, 11) is 0. The summed E-state index contributed by atoms with van der Waals surface area (Å²) >= 11 is 8.12. The summed E-state index contributed by atoms with van der Waals surface area (Å²) in [5, 5.41) is 0.478. The molecule has 2 aliphatic rings. The van der Waals surface area contributed by atoms with Crippen molar-refractivity contribution in [1.29, 1.82) is 0 Å². The lowest BCUT2D eigenvalue weighted by molar-refractivity contribution is -0.118. The van der Waals surface area contributed by atoms with Crippen molar-refractivity contribution >= 4 is 41.5 Å². The predicted octanol–water partition coefficient (Wildman–Crippen LogP) is 0.962. The number of piperazine rings is 1. The number of halogens is 1. The molecule has 0 spiro atoms. The molecule has 1 aromatic rings. The minimum absolute atomic E-state index is 0.478. The van der Waals surface area contributed by atoms with Crippen LogP contribution >= 0.6 is 23.4 Å². The lowest BCUT2D eigenvalue weighted by atomic mass is 10.3. The second-order valence-corrected chi connectivity index (χ2v) is 6.69. The molecule has 2 saturated heterocycles. The second-order valence-electron chi connectivity index (χ2n) is 5.08. The number of thioether (sulfide) groups is 1. The van der Waals surface area contributed by atoms with Gasteiger partial charge in [0.15, 0.2) is 0 Å². The van der Waals surface area contributed by atoms with E-state index in [1.165, 1.54) is 0 Å². The average molecular weight is 328 g/mol. The molecule has 1 amide bonds. The van der Waals surface area contributed by atoms with Gasteiger partial charge in [-0.2, -0.15) is 16.7 Å². The monoisotopic (exact) mass is 327 g/mol. The largest absolute Gasteiger partial charge is 0.353 e. The van der Waals surface area contributed by atoms with E-state index in [-0.39, 0.29) is 0 Å². The van der Waals surface area contributed by atoms with Gasteiger partial charge in [-0.25, -0.2) is 4.98 Å². The van der Waals surface area contributed by atoms with Crippen LogP contribution in [0.3, 0.4) is 0 Å². The van der Waals surface area contributed by atoms with Gasteiger partial charge in [0.1, 0.15) is 11.0 Å². The smallest absolute Gasteiger partial charge is 0.228 e. The number of carbonyl (C=O) groups is 1. The second kappa shape index (κ2) is 6.70. The number of aromatic nitrogens is 2. The van der Waals surface area contributed by atoms with Gasteiger partial charge >= 0.3 is 0 Å². The molecule has 114 valence electrons. The molecule has 0 bridgehead atoms. The molecule has 21 heavy (non-hydrogen) atoms. The van der Waals surface area contributed by atoms with Gasteiger partial charge in [-0.3, -0.25) is 4.79 Å². The molecule has 0 unspecified atom stereocenters. The molecular weight excluding hydrogens is 310 g/mol. The first-order valence-electron chi connectivity index (χ1n) is 7.08. The Morgan fingerprint density at radius 2 is 1.76 bits per heavy atom. The van der Waals surface area contributed by atoms with E-state index in [2.05, 4.69) is 19.8 Å². The summed E-state index contributed by atoms with van der Waals surface area (Å²) in [6, 6.07) is 1.81. The lowest BCUT2D eigenvalue weighted by Crippen LogP contribution is -2.46. The normalized spacial score (nSPS) is 19.8.